The molecule has 0 radical (unpaired) electrons. The fourth-order valence-corrected chi connectivity index (χ4v) is 5.12. The Labute approximate surface area is 206 Å². The summed E-state index contributed by atoms with van der Waals surface area (Å²) in [6.07, 6.45) is 9.17. The molecule has 5 heteroatoms. The zero-order chi connectivity index (χ0) is 25.1. The van der Waals surface area contributed by atoms with Crippen LogP contribution in [0.2, 0.25) is 0 Å². The maximum atomic E-state index is 13.9. The first-order chi connectivity index (χ1) is 16.0. The third-order valence-corrected chi connectivity index (χ3v) is 8.28. The maximum absolute atomic E-state index is 13.9. The monoisotopic (exact) mass is 468 g/mol. The van der Waals surface area contributed by atoms with Crippen molar-refractivity contribution in [3.05, 3.63) is 35.4 Å². The fourth-order valence-electron chi connectivity index (χ4n) is 5.12. The average Bonchev–Trinajstić information content (AvgIpc) is 2.99. The fraction of sp³-hybridized carbons (Fsp3) is 0.690. The largest absolute Gasteiger partial charge is 0.478 e. The number of hydrogen-bond donors (Lipinski definition) is 1. The summed E-state index contributed by atoms with van der Waals surface area (Å²) in [6, 6.07) is 6.99. The number of rotatable bonds is 11. The van der Waals surface area contributed by atoms with E-state index in [9.17, 15) is 14.7 Å². The molecule has 34 heavy (non-hydrogen) atoms. The van der Waals surface area contributed by atoms with E-state index in [4.69, 9.17) is 4.99 Å². The van der Waals surface area contributed by atoms with Crippen LogP contribution in [-0.4, -0.2) is 33.3 Å². The molecule has 2 aliphatic rings. The van der Waals surface area contributed by atoms with Crippen LogP contribution < -0.4 is 0 Å². The lowest BCUT2D eigenvalue weighted by Crippen LogP contribution is -2.47. The second-order valence-corrected chi connectivity index (χ2v) is 11.8. The second-order valence-electron chi connectivity index (χ2n) is 11.8. The zero-order valence-corrected chi connectivity index (χ0v) is 22.1. The minimum absolute atomic E-state index is 0.0845. The molecule has 1 fully saturated rings. The molecule has 1 amide bonds. The third kappa shape index (κ3) is 5.90. The summed E-state index contributed by atoms with van der Waals surface area (Å²) < 4.78 is 0. The van der Waals surface area contributed by atoms with Gasteiger partial charge in [0, 0.05) is 0 Å². The highest BCUT2D eigenvalue weighted by molar-refractivity contribution is 6.40. The van der Waals surface area contributed by atoms with Gasteiger partial charge in [-0.1, -0.05) is 78.9 Å². The van der Waals surface area contributed by atoms with E-state index in [1.54, 1.807) is 12.1 Å². The first-order valence-electron chi connectivity index (χ1n) is 13.2. The first kappa shape index (κ1) is 26.4. The highest BCUT2D eigenvalue weighted by atomic mass is 16.4. The summed E-state index contributed by atoms with van der Waals surface area (Å²) in [5.41, 5.74) is 1.66. The molecule has 3 rings (SSSR count). The van der Waals surface area contributed by atoms with Crippen LogP contribution in [0.4, 0.5) is 0 Å². The topological polar surface area (TPSA) is 70.0 Å². The Morgan fingerprint density at radius 1 is 1.21 bits per heavy atom. The molecule has 0 spiro atoms. The Kier molecular flexibility index (Phi) is 8.26. The summed E-state index contributed by atoms with van der Waals surface area (Å²) in [6.45, 7) is 13.4. The summed E-state index contributed by atoms with van der Waals surface area (Å²) in [5, 5.41) is 9.34. The molecule has 0 aromatic heterocycles. The van der Waals surface area contributed by atoms with E-state index in [1.165, 1.54) is 19.3 Å². The minimum Gasteiger partial charge on any atom is -0.478 e. The van der Waals surface area contributed by atoms with Crippen molar-refractivity contribution >= 4 is 17.6 Å². The Morgan fingerprint density at radius 2 is 1.85 bits per heavy atom. The lowest BCUT2D eigenvalue weighted by atomic mass is 9.78. The number of hydrogen-bond acceptors (Lipinski definition) is 3. The standard InChI is InChI=1S/C29H44N2O3/c1-7-8-12-25(22-13-15-23(16-14-22)27(33)34)31-26(32)24(19-21-10-9-11-21)30-29(31,6)18-17-20(2)28(3,4)5/h13-16,20-21,25H,7-12,17-19H2,1-6H3,(H,33,34)/t20?,25-,29?/m1/s1. The third-order valence-electron chi connectivity index (χ3n) is 8.28. The molecule has 1 aliphatic heterocycles. The number of carbonyl (C=O) groups is 2. The van der Waals surface area contributed by atoms with Gasteiger partial charge in [-0.2, -0.15) is 0 Å². The van der Waals surface area contributed by atoms with Crippen molar-refractivity contribution in [1.82, 2.24) is 4.90 Å². The van der Waals surface area contributed by atoms with Crippen molar-refractivity contribution in [2.75, 3.05) is 0 Å². The Bertz CT molecular complexity index is 895. The number of carbonyl (C=O) groups excluding carboxylic acids is 1. The van der Waals surface area contributed by atoms with Crippen LogP contribution in [0.5, 0.6) is 0 Å². The van der Waals surface area contributed by atoms with Gasteiger partial charge in [0.2, 0.25) is 0 Å². The van der Waals surface area contributed by atoms with Gasteiger partial charge in [-0.05, 0) is 67.6 Å². The van der Waals surface area contributed by atoms with Gasteiger partial charge >= 0.3 is 5.97 Å². The molecule has 1 N–H and O–H groups in total. The molecular weight excluding hydrogens is 424 g/mol. The number of carboxylic acid groups (broad SMARTS) is 1. The van der Waals surface area contributed by atoms with E-state index >= 15 is 0 Å². The van der Waals surface area contributed by atoms with E-state index in [1.807, 2.05) is 12.1 Å². The molecule has 0 saturated heterocycles. The van der Waals surface area contributed by atoms with E-state index in [-0.39, 0.29) is 22.9 Å². The van der Waals surface area contributed by atoms with E-state index in [0.717, 1.165) is 49.8 Å². The van der Waals surface area contributed by atoms with Gasteiger partial charge in [0.25, 0.3) is 5.91 Å². The molecular formula is C29H44N2O3. The predicted octanol–water partition coefficient (Wildman–Crippen LogP) is 7.27. The van der Waals surface area contributed by atoms with Crippen LogP contribution in [-0.2, 0) is 4.79 Å². The van der Waals surface area contributed by atoms with Crippen LogP contribution in [0.1, 0.15) is 121 Å². The number of nitrogens with zero attached hydrogens (tertiary/aromatic N) is 2. The van der Waals surface area contributed by atoms with Crippen molar-refractivity contribution in [3.8, 4) is 0 Å². The van der Waals surface area contributed by atoms with Crippen LogP contribution >= 0.6 is 0 Å². The summed E-state index contributed by atoms with van der Waals surface area (Å²) in [4.78, 5) is 32.5. The van der Waals surface area contributed by atoms with Crippen molar-refractivity contribution in [1.29, 1.82) is 0 Å². The molecule has 0 bridgehead atoms. The smallest absolute Gasteiger partial charge is 0.335 e. The molecule has 1 aromatic carbocycles. The molecule has 1 aliphatic carbocycles. The summed E-state index contributed by atoms with van der Waals surface area (Å²) in [5.74, 6) is 0.252. The molecule has 1 heterocycles. The predicted molar refractivity (Wildman–Crippen MR) is 138 cm³/mol. The van der Waals surface area contributed by atoms with Crippen LogP contribution in [0.3, 0.4) is 0 Å². The van der Waals surface area contributed by atoms with Crippen molar-refractivity contribution in [2.24, 2.45) is 22.2 Å². The van der Waals surface area contributed by atoms with Crippen molar-refractivity contribution < 1.29 is 14.7 Å². The molecule has 1 saturated carbocycles. The Balaban J connectivity index is 1.95. The Morgan fingerprint density at radius 3 is 2.35 bits per heavy atom. The molecule has 1 aromatic rings. The Hall–Kier alpha value is -2.17. The number of aromatic carboxylic acids is 1. The van der Waals surface area contributed by atoms with Crippen molar-refractivity contribution in [2.45, 2.75) is 111 Å². The lowest BCUT2D eigenvalue weighted by Gasteiger charge is -2.41. The van der Waals surface area contributed by atoms with Gasteiger partial charge in [0.1, 0.15) is 11.4 Å². The van der Waals surface area contributed by atoms with Gasteiger partial charge in [-0.25, -0.2) is 4.79 Å². The molecule has 3 atom stereocenters. The highest BCUT2D eigenvalue weighted by Crippen LogP contribution is 2.43. The van der Waals surface area contributed by atoms with E-state index in [0.29, 0.717) is 11.8 Å². The van der Waals surface area contributed by atoms with Gasteiger partial charge < -0.3 is 10.0 Å². The van der Waals surface area contributed by atoms with Crippen LogP contribution in [0, 0.1) is 17.3 Å². The summed E-state index contributed by atoms with van der Waals surface area (Å²) >= 11 is 0. The second kappa shape index (κ2) is 10.6. The molecule has 188 valence electrons. The van der Waals surface area contributed by atoms with Crippen molar-refractivity contribution in [3.63, 3.8) is 0 Å². The quantitative estimate of drug-likeness (QED) is 0.371. The number of amides is 1. The normalized spacial score (nSPS) is 22.9. The van der Waals surface area contributed by atoms with Gasteiger partial charge in [0.05, 0.1) is 11.6 Å². The summed E-state index contributed by atoms with van der Waals surface area (Å²) in [7, 11) is 0. The maximum Gasteiger partial charge on any atom is 0.335 e. The van der Waals surface area contributed by atoms with Crippen LogP contribution in [0.15, 0.2) is 29.3 Å². The molecule has 2 unspecified atom stereocenters. The van der Waals surface area contributed by atoms with E-state index < -0.39 is 11.6 Å². The number of aliphatic imine (C=N–C) groups is 1. The number of benzene rings is 1. The first-order valence-corrected chi connectivity index (χ1v) is 13.2. The van der Waals surface area contributed by atoms with E-state index in [2.05, 4.69) is 46.4 Å². The molecule has 5 nitrogen and oxygen atoms in total. The minimum atomic E-state index is -0.930. The lowest BCUT2D eigenvalue weighted by molar-refractivity contribution is -0.131. The highest BCUT2D eigenvalue weighted by Gasteiger charge is 2.47. The van der Waals surface area contributed by atoms with Gasteiger partial charge in [0.15, 0.2) is 0 Å². The number of carboxylic acids is 1. The zero-order valence-electron chi connectivity index (χ0n) is 22.1. The average molecular weight is 469 g/mol. The van der Waals surface area contributed by atoms with Gasteiger partial charge in [-0.15, -0.1) is 0 Å². The van der Waals surface area contributed by atoms with Crippen LogP contribution in [0.25, 0.3) is 0 Å². The number of unbranched alkanes of at least 4 members (excludes halogenated alkanes) is 1. The SMILES string of the molecule is CCCC[C@H](c1ccc(C(=O)O)cc1)N1C(=O)C(CC2CCC2)=NC1(C)CCC(C)C(C)(C)C. The van der Waals surface area contributed by atoms with Gasteiger partial charge in [-0.3, -0.25) is 9.79 Å².